The van der Waals surface area contributed by atoms with Gasteiger partial charge < -0.3 is 24.1 Å². The smallest absolute Gasteiger partial charge is 0.337 e. The quantitative estimate of drug-likeness (QED) is 0.432. The van der Waals surface area contributed by atoms with Crippen molar-refractivity contribution < 1.29 is 28.6 Å². The highest BCUT2D eigenvalue weighted by Gasteiger charge is 2.44. The van der Waals surface area contributed by atoms with Gasteiger partial charge in [-0.1, -0.05) is 26.0 Å². The van der Waals surface area contributed by atoms with Crippen LogP contribution in [0, 0.1) is 6.92 Å². The predicted molar refractivity (Wildman–Crippen MR) is 122 cm³/mol. The fourth-order valence-electron chi connectivity index (χ4n) is 4.08. The van der Waals surface area contributed by atoms with E-state index in [4.69, 9.17) is 9.15 Å². The molecule has 1 aliphatic heterocycles. The summed E-state index contributed by atoms with van der Waals surface area (Å²) in [5, 5.41) is 10.7. The molecule has 0 radical (unpaired) electrons. The number of methoxy groups -OCH3 is 1. The normalized spacial score (nSPS) is 16.1. The van der Waals surface area contributed by atoms with Crippen LogP contribution in [-0.2, 0) is 9.53 Å². The Bertz CT molecular complexity index is 1050. The van der Waals surface area contributed by atoms with Crippen molar-refractivity contribution in [2.24, 2.45) is 0 Å². The van der Waals surface area contributed by atoms with E-state index in [1.54, 1.807) is 37.3 Å². The van der Waals surface area contributed by atoms with Crippen molar-refractivity contribution in [2.45, 2.75) is 33.2 Å². The molecule has 3 rings (SSSR count). The molecule has 0 spiro atoms. The van der Waals surface area contributed by atoms with Gasteiger partial charge in [-0.25, -0.2) is 4.79 Å². The highest BCUT2D eigenvalue weighted by atomic mass is 16.5. The predicted octanol–water partition coefficient (Wildman–Crippen LogP) is 3.68. The Balaban J connectivity index is 1.96. The zero-order chi connectivity index (χ0) is 24.1. The summed E-state index contributed by atoms with van der Waals surface area (Å²) in [6, 6.07) is 8.88. The molecular formula is C25H30N2O6. The second-order valence-corrected chi connectivity index (χ2v) is 7.90. The second kappa shape index (κ2) is 10.5. The van der Waals surface area contributed by atoms with E-state index in [1.165, 1.54) is 18.1 Å². The molecule has 0 bridgehead atoms. The highest BCUT2D eigenvalue weighted by Crippen LogP contribution is 2.39. The van der Waals surface area contributed by atoms with E-state index >= 15 is 0 Å². The number of carbonyl (C=O) groups excluding carboxylic acids is 3. The maximum atomic E-state index is 13.3. The molecule has 0 saturated heterocycles. The van der Waals surface area contributed by atoms with Gasteiger partial charge in [0.2, 0.25) is 5.78 Å². The van der Waals surface area contributed by atoms with Crippen molar-refractivity contribution in [3.05, 3.63) is 70.4 Å². The number of hydrogen-bond acceptors (Lipinski definition) is 7. The zero-order valence-corrected chi connectivity index (χ0v) is 19.5. The third kappa shape index (κ3) is 5.01. The van der Waals surface area contributed by atoms with E-state index < -0.39 is 29.5 Å². The van der Waals surface area contributed by atoms with Gasteiger partial charge in [0.15, 0.2) is 11.5 Å². The molecule has 1 aromatic carbocycles. The Hall–Kier alpha value is -3.39. The summed E-state index contributed by atoms with van der Waals surface area (Å²) in [7, 11) is 1.30. The average molecular weight is 455 g/mol. The van der Waals surface area contributed by atoms with E-state index in [1.807, 2.05) is 0 Å². The third-order valence-corrected chi connectivity index (χ3v) is 5.93. The molecule has 0 aliphatic carbocycles. The van der Waals surface area contributed by atoms with Gasteiger partial charge >= 0.3 is 5.97 Å². The van der Waals surface area contributed by atoms with Crippen LogP contribution < -0.4 is 0 Å². The zero-order valence-electron chi connectivity index (χ0n) is 19.5. The molecule has 8 nitrogen and oxygen atoms in total. The van der Waals surface area contributed by atoms with Gasteiger partial charge in [0.05, 0.1) is 24.3 Å². The van der Waals surface area contributed by atoms with Crippen molar-refractivity contribution in [3.8, 4) is 0 Å². The molecule has 33 heavy (non-hydrogen) atoms. The van der Waals surface area contributed by atoms with E-state index in [-0.39, 0.29) is 11.3 Å². The first-order chi connectivity index (χ1) is 15.8. The van der Waals surface area contributed by atoms with Gasteiger partial charge in [-0.3, -0.25) is 9.59 Å². The molecule has 2 aromatic rings. The molecule has 0 fully saturated rings. The fourth-order valence-corrected chi connectivity index (χ4v) is 4.08. The minimum absolute atomic E-state index is 0.0250. The van der Waals surface area contributed by atoms with Crippen molar-refractivity contribution >= 4 is 17.7 Å². The Morgan fingerprint density at radius 2 is 1.79 bits per heavy atom. The lowest BCUT2D eigenvalue weighted by Gasteiger charge is -2.28. The van der Waals surface area contributed by atoms with Gasteiger partial charge in [-0.15, -0.1) is 0 Å². The van der Waals surface area contributed by atoms with E-state index in [0.717, 1.165) is 19.6 Å². The number of ketones is 1. The van der Waals surface area contributed by atoms with Crippen LogP contribution in [0.3, 0.4) is 0 Å². The fraction of sp³-hybridized carbons (Fsp3) is 0.400. The van der Waals surface area contributed by atoms with Gasteiger partial charge in [-0.05, 0) is 62.8 Å². The SMILES string of the molecule is CCN(CC)CCCN1C(=O)C(O)=C(C(=O)c2ccc(C)o2)C1c1ccc(C(=O)OC)cc1. The Morgan fingerprint density at radius 1 is 1.12 bits per heavy atom. The lowest BCUT2D eigenvalue weighted by atomic mass is 9.94. The lowest BCUT2D eigenvalue weighted by Crippen LogP contribution is -2.34. The van der Waals surface area contributed by atoms with Gasteiger partial charge in [0.25, 0.3) is 5.91 Å². The number of nitrogens with zero attached hydrogens (tertiary/aromatic N) is 2. The van der Waals surface area contributed by atoms with Crippen molar-refractivity contribution in [3.63, 3.8) is 0 Å². The van der Waals surface area contributed by atoms with Crippen LogP contribution in [0.15, 0.2) is 52.1 Å². The lowest BCUT2D eigenvalue weighted by molar-refractivity contribution is -0.129. The average Bonchev–Trinajstić information content (AvgIpc) is 3.37. The van der Waals surface area contributed by atoms with Gasteiger partial charge in [0.1, 0.15) is 5.76 Å². The maximum Gasteiger partial charge on any atom is 0.337 e. The van der Waals surface area contributed by atoms with Crippen molar-refractivity contribution in [1.82, 2.24) is 9.80 Å². The summed E-state index contributed by atoms with van der Waals surface area (Å²) in [6.07, 6.45) is 0.679. The molecule has 1 amide bonds. The number of amides is 1. The second-order valence-electron chi connectivity index (χ2n) is 7.90. The molecule has 176 valence electrons. The Morgan fingerprint density at radius 3 is 2.33 bits per heavy atom. The molecule has 1 aliphatic rings. The summed E-state index contributed by atoms with van der Waals surface area (Å²) < 4.78 is 10.2. The number of aryl methyl sites for hydroxylation is 1. The van der Waals surface area contributed by atoms with Crippen LogP contribution in [0.1, 0.15) is 58.5 Å². The number of aliphatic hydroxyl groups is 1. The standard InChI is InChI=1S/C25H30N2O6/c1-5-26(6-2)14-7-15-27-21(17-9-11-18(12-10-17)25(31)32-4)20(23(29)24(27)30)22(28)19-13-8-16(3)33-19/h8-13,21,29H,5-7,14-15H2,1-4H3. The van der Waals surface area contributed by atoms with Gasteiger partial charge in [-0.2, -0.15) is 0 Å². The highest BCUT2D eigenvalue weighted by molar-refractivity contribution is 6.15. The topological polar surface area (TPSA) is 100 Å². The van der Waals surface area contributed by atoms with Crippen LogP contribution in [0.5, 0.6) is 0 Å². The van der Waals surface area contributed by atoms with Crippen LogP contribution >= 0.6 is 0 Å². The van der Waals surface area contributed by atoms with Crippen LogP contribution in [0.2, 0.25) is 0 Å². The van der Waals surface area contributed by atoms with E-state index in [0.29, 0.717) is 29.9 Å². The first-order valence-corrected chi connectivity index (χ1v) is 11.1. The van der Waals surface area contributed by atoms with Crippen LogP contribution in [-0.4, -0.2) is 65.9 Å². The first-order valence-electron chi connectivity index (χ1n) is 11.1. The van der Waals surface area contributed by atoms with E-state index in [9.17, 15) is 19.5 Å². The monoisotopic (exact) mass is 454 g/mol. The number of carbonyl (C=O) groups is 3. The molecule has 1 atom stereocenters. The molecule has 1 unspecified atom stereocenters. The molecule has 1 aromatic heterocycles. The molecule has 1 N–H and O–H groups in total. The van der Waals surface area contributed by atoms with E-state index in [2.05, 4.69) is 18.7 Å². The van der Waals surface area contributed by atoms with Crippen LogP contribution in [0.4, 0.5) is 0 Å². The third-order valence-electron chi connectivity index (χ3n) is 5.93. The summed E-state index contributed by atoms with van der Waals surface area (Å²) in [4.78, 5) is 41.9. The van der Waals surface area contributed by atoms with Crippen LogP contribution in [0.25, 0.3) is 0 Å². The number of furan rings is 1. The largest absolute Gasteiger partial charge is 0.503 e. The molecular weight excluding hydrogens is 424 g/mol. The number of Topliss-reactive ketones (excluding diaryl/α,β-unsaturated/α-hetero) is 1. The van der Waals surface area contributed by atoms with Gasteiger partial charge in [0, 0.05) is 6.54 Å². The molecule has 2 heterocycles. The molecule has 0 saturated carbocycles. The number of hydrogen-bond donors (Lipinski definition) is 1. The Labute approximate surface area is 193 Å². The minimum atomic E-state index is -0.793. The molecule has 8 heteroatoms. The maximum absolute atomic E-state index is 13.3. The Kier molecular flexibility index (Phi) is 7.71. The number of rotatable bonds is 10. The van der Waals surface area contributed by atoms with Crippen molar-refractivity contribution in [2.75, 3.05) is 33.3 Å². The number of esters is 1. The summed E-state index contributed by atoms with van der Waals surface area (Å²) >= 11 is 0. The first kappa shape index (κ1) is 24.3. The number of aliphatic hydroxyl groups excluding tert-OH is 1. The number of benzene rings is 1. The van der Waals surface area contributed by atoms with Crippen molar-refractivity contribution in [1.29, 1.82) is 0 Å². The minimum Gasteiger partial charge on any atom is -0.503 e. The summed E-state index contributed by atoms with van der Waals surface area (Å²) in [5.41, 5.74) is 0.930. The number of ether oxygens (including phenoxy) is 1. The summed E-state index contributed by atoms with van der Waals surface area (Å²) in [6.45, 7) is 8.80. The summed E-state index contributed by atoms with van der Waals surface area (Å²) in [5.74, 6) is -1.58.